The van der Waals surface area contributed by atoms with Gasteiger partial charge in [0.05, 0.1) is 11.2 Å². The average molecular weight is 280 g/mol. The van der Waals surface area contributed by atoms with E-state index in [0.29, 0.717) is 16.9 Å². The van der Waals surface area contributed by atoms with Crippen LogP contribution in [-0.4, -0.2) is 23.3 Å². The van der Waals surface area contributed by atoms with Crippen molar-refractivity contribution in [1.82, 2.24) is 4.98 Å². The van der Waals surface area contributed by atoms with Crippen molar-refractivity contribution in [1.29, 1.82) is 0 Å². The van der Waals surface area contributed by atoms with E-state index in [1.54, 1.807) is 0 Å². The van der Waals surface area contributed by atoms with Gasteiger partial charge in [-0.25, -0.2) is 4.98 Å². The number of pyridine rings is 1. The molecule has 3 rings (SSSR count). The smallest absolute Gasteiger partial charge is 0.403 e. The second kappa shape index (κ2) is 4.21. The van der Waals surface area contributed by atoms with E-state index in [1.807, 2.05) is 18.3 Å². The molecule has 2 heterocycles. The minimum atomic E-state index is -0.247. The first-order valence-corrected chi connectivity index (χ1v) is 7.15. The maximum atomic E-state index is 6.09. The van der Waals surface area contributed by atoms with Gasteiger partial charge >= 0.3 is 7.12 Å². The molecule has 19 heavy (non-hydrogen) atoms. The summed E-state index contributed by atoms with van der Waals surface area (Å²) >= 11 is 5.81. The minimum absolute atomic E-state index is 0.106. The Morgan fingerprint density at radius 1 is 1.21 bits per heavy atom. The summed E-state index contributed by atoms with van der Waals surface area (Å²) in [6.45, 7) is 8.37. The summed E-state index contributed by atoms with van der Waals surface area (Å²) in [5, 5.41) is 0.539. The van der Waals surface area contributed by atoms with Gasteiger partial charge in [0.25, 0.3) is 0 Å². The number of hydrogen-bond donors (Lipinski definition) is 0. The van der Waals surface area contributed by atoms with Crippen LogP contribution in [0.5, 0.6) is 0 Å². The van der Waals surface area contributed by atoms with E-state index < -0.39 is 0 Å². The van der Waals surface area contributed by atoms with E-state index in [4.69, 9.17) is 20.9 Å². The van der Waals surface area contributed by atoms with Crippen LogP contribution in [0.1, 0.15) is 45.6 Å². The molecule has 0 N–H and O–H groups in total. The number of nitrogens with zero attached hydrogens (tertiary/aromatic N) is 1. The molecule has 0 amide bonds. The van der Waals surface area contributed by atoms with E-state index in [9.17, 15) is 0 Å². The molecule has 0 aromatic carbocycles. The summed E-state index contributed by atoms with van der Waals surface area (Å²) in [5.74, 6) is 0.920. The third-order valence-electron chi connectivity index (χ3n) is 4.64. The van der Waals surface area contributed by atoms with Gasteiger partial charge in [0.15, 0.2) is 0 Å². The van der Waals surface area contributed by atoms with Crippen molar-refractivity contribution in [3.8, 4) is 0 Å². The molecule has 102 valence electrons. The van der Waals surface area contributed by atoms with E-state index >= 15 is 0 Å². The van der Waals surface area contributed by atoms with Gasteiger partial charge in [0, 0.05) is 12.0 Å². The molecule has 0 radical (unpaired) electrons. The van der Waals surface area contributed by atoms with Gasteiger partial charge in [0.2, 0.25) is 0 Å². The van der Waals surface area contributed by atoms with Crippen molar-refractivity contribution >= 4 is 18.7 Å². The summed E-state index contributed by atoms with van der Waals surface area (Å²) < 4.78 is 12.2. The van der Waals surface area contributed by atoms with Gasteiger partial charge in [-0.05, 0) is 51.7 Å². The Labute approximate surface area is 119 Å². The highest BCUT2D eigenvalue weighted by Crippen LogP contribution is 2.58. The van der Waals surface area contributed by atoms with Gasteiger partial charge in [-0.15, -0.1) is 0 Å². The fourth-order valence-electron chi connectivity index (χ4n) is 2.57. The van der Waals surface area contributed by atoms with E-state index in [-0.39, 0.29) is 18.3 Å². The summed E-state index contributed by atoms with van der Waals surface area (Å²) in [6.07, 6.45) is 2.96. The van der Waals surface area contributed by atoms with E-state index in [1.165, 1.54) is 5.56 Å². The molecule has 1 aromatic rings. The molecule has 2 fully saturated rings. The summed E-state index contributed by atoms with van der Waals surface area (Å²) in [6, 6.07) is 3.89. The zero-order valence-electron chi connectivity index (χ0n) is 11.8. The fourth-order valence-corrected chi connectivity index (χ4v) is 2.68. The number of rotatable bonds is 2. The van der Waals surface area contributed by atoms with Crippen LogP contribution in [0.3, 0.4) is 0 Å². The van der Waals surface area contributed by atoms with E-state index in [0.717, 1.165) is 6.42 Å². The van der Waals surface area contributed by atoms with Gasteiger partial charge in [-0.3, -0.25) is 0 Å². The lowest BCUT2D eigenvalue weighted by molar-refractivity contribution is 0.00578. The number of halogens is 1. The van der Waals surface area contributed by atoms with Gasteiger partial charge in [-0.2, -0.15) is 0 Å². The monoisotopic (exact) mass is 279 g/mol. The number of aromatic nitrogens is 1. The predicted molar refractivity (Wildman–Crippen MR) is 76.4 cm³/mol. The first-order valence-electron chi connectivity index (χ1n) is 6.77. The molecule has 2 atom stereocenters. The van der Waals surface area contributed by atoms with Crippen molar-refractivity contribution in [3.63, 3.8) is 0 Å². The van der Waals surface area contributed by atoms with Crippen molar-refractivity contribution in [2.24, 2.45) is 0 Å². The highest BCUT2D eigenvalue weighted by molar-refractivity contribution is 6.49. The van der Waals surface area contributed by atoms with Crippen LogP contribution in [0.25, 0.3) is 0 Å². The molecule has 1 aliphatic heterocycles. The molecular weight excluding hydrogens is 260 g/mol. The Morgan fingerprint density at radius 2 is 1.84 bits per heavy atom. The van der Waals surface area contributed by atoms with E-state index in [2.05, 4.69) is 32.7 Å². The zero-order valence-corrected chi connectivity index (χ0v) is 12.6. The molecule has 1 saturated heterocycles. The first kappa shape index (κ1) is 13.4. The van der Waals surface area contributed by atoms with Crippen LogP contribution in [0, 0.1) is 0 Å². The quantitative estimate of drug-likeness (QED) is 0.611. The third-order valence-corrected chi connectivity index (χ3v) is 4.86. The molecule has 0 spiro atoms. The highest BCUT2D eigenvalue weighted by atomic mass is 35.5. The average Bonchev–Trinajstić information content (AvgIpc) is 3.04. The Morgan fingerprint density at radius 3 is 2.37 bits per heavy atom. The van der Waals surface area contributed by atoms with Gasteiger partial charge in [-0.1, -0.05) is 17.7 Å². The lowest BCUT2D eigenvalue weighted by Gasteiger charge is -2.32. The first-order chi connectivity index (χ1) is 8.80. The Balaban J connectivity index is 1.70. The van der Waals surface area contributed by atoms with Crippen molar-refractivity contribution < 1.29 is 9.31 Å². The minimum Gasteiger partial charge on any atom is -0.403 e. The molecule has 3 nitrogen and oxygen atoms in total. The largest absolute Gasteiger partial charge is 0.461 e. The SMILES string of the molecule is CC1(C)OB([C@H]2C[C@H]2c2ccc(Cl)nc2)OC1(C)C. The van der Waals surface area contributed by atoms with Crippen LogP contribution in [0.15, 0.2) is 18.3 Å². The predicted octanol–water partition coefficient (Wildman–Crippen LogP) is 3.68. The highest BCUT2D eigenvalue weighted by Gasteiger charge is 2.59. The van der Waals surface area contributed by atoms with Crippen LogP contribution < -0.4 is 0 Å². The van der Waals surface area contributed by atoms with Crippen LogP contribution in [0.4, 0.5) is 0 Å². The molecule has 5 heteroatoms. The maximum absolute atomic E-state index is 6.09. The summed E-state index contributed by atoms with van der Waals surface area (Å²) in [5.41, 5.74) is 0.732. The van der Waals surface area contributed by atoms with Crippen LogP contribution in [0.2, 0.25) is 11.0 Å². The van der Waals surface area contributed by atoms with Gasteiger partial charge in [0.1, 0.15) is 5.15 Å². The fraction of sp³-hybridized carbons (Fsp3) is 0.643. The molecular formula is C14H19BClNO2. The second-order valence-corrected chi connectivity index (χ2v) is 6.93. The molecule has 2 aliphatic rings. The van der Waals surface area contributed by atoms with Crippen molar-refractivity contribution in [2.75, 3.05) is 0 Å². The Bertz CT molecular complexity index is 473. The maximum Gasteiger partial charge on any atom is 0.461 e. The normalized spacial score (nSPS) is 31.5. The lowest BCUT2D eigenvalue weighted by Crippen LogP contribution is -2.41. The van der Waals surface area contributed by atoms with Crippen molar-refractivity contribution in [2.45, 2.75) is 57.1 Å². The Kier molecular flexibility index (Phi) is 2.97. The lowest BCUT2D eigenvalue weighted by atomic mass is 9.80. The summed E-state index contributed by atoms with van der Waals surface area (Å²) in [7, 11) is -0.106. The topological polar surface area (TPSA) is 31.4 Å². The number of hydrogen-bond acceptors (Lipinski definition) is 3. The molecule has 1 aromatic heterocycles. The molecule has 0 unspecified atom stereocenters. The van der Waals surface area contributed by atoms with Crippen molar-refractivity contribution in [3.05, 3.63) is 29.0 Å². The van der Waals surface area contributed by atoms with Gasteiger partial charge < -0.3 is 9.31 Å². The molecule has 1 aliphatic carbocycles. The standard InChI is InChI=1S/C14H19BClNO2/c1-13(2)14(3,4)19-15(18-13)11-7-10(11)9-5-6-12(16)17-8-9/h5-6,8,10-11H,7H2,1-4H3/t10-,11-/m0/s1. The third kappa shape index (κ3) is 2.30. The molecule has 1 saturated carbocycles. The van der Waals surface area contributed by atoms with Crippen LogP contribution >= 0.6 is 11.6 Å². The zero-order chi connectivity index (χ0) is 13.8. The summed E-state index contributed by atoms with van der Waals surface area (Å²) in [4.78, 5) is 4.14. The van der Waals surface area contributed by atoms with Crippen LogP contribution in [-0.2, 0) is 9.31 Å². The second-order valence-electron chi connectivity index (χ2n) is 6.55. The Hall–Kier alpha value is -0.575. The molecule has 0 bridgehead atoms.